The molecule has 0 aliphatic heterocycles. The van der Waals surface area contributed by atoms with E-state index in [0.29, 0.717) is 16.3 Å². The molecule has 2 heterocycles. The van der Waals surface area contributed by atoms with Gasteiger partial charge in [0.15, 0.2) is 5.76 Å². The average molecular weight is 307 g/mol. The number of aromatic nitrogens is 1. The monoisotopic (exact) mass is 306 g/mol. The number of hydrogen-bond donors (Lipinski definition) is 1. The molecule has 0 spiro atoms. The van der Waals surface area contributed by atoms with Crippen LogP contribution in [-0.2, 0) is 0 Å². The number of ketones is 1. The fourth-order valence-corrected chi connectivity index (χ4v) is 2.79. The Labute approximate surface area is 124 Å². The molecule has 0 saturated heterocycles. The van der Waals surface area contributed by atoms with Gasteiger partial charge in [-0.25, -0.2) is 4.98 Å². The van der Waals surface area contributed by atoms with Gasteiger partial charge in [-0.15, -0.1) is 11.3 Å². The second-order valence-corrected chi connectivity index (χ2v) is 5.81. The van der Waals surface area contributed by atoms with Crippen molar-refractivity contribution < 1.29 is 9.21 Å². The van der Waals surface area contributed by atoms with Crippen molar-refractivity contribution in [3.05, 3.63) is 51.1 Å². The molecular weight excluding hydrogens is 296 g/mol. The van der Waals surface area contributed by atoms with Crippen LogP contribution in [0.3, 0.4) is 0 Å². The normalized spacial score (nSPS) is 12.8. The van der Waals surface area contributed by atoms with Gasteiger partial charge in [0, 0.05) is 15.8 Å². The van der Waals surface area contributed by atoms with Crippen molar-refractivity contribution in [2.75, 3.05) is 0 Å². The first-order chi connectivity index (χ1) is 9.54. The topological polar surface area (TPSA) is 69.1 Å². The fraction of sp³-hybridized carbons (Fsp3) is 0.143. The molecule has 6 heteroatoms. The maximum absolute atomic E-state index is 12.3. The number of furan rings is 1. The molecule has 3 aromatic rings. The first-order valence-electron chi connectivity index (χ1n) is 5.99. The van der Waals surface area contributed by atoms with E-state index in [-0.39, 0.29) is 17.6 Å². The number of benzene rings is 1. The van der Waals surface area contributed by atoms with E-state index in [2.05, 4.69) is 4.98 Å². The molecule has 0 saturated carbocycles. The van der Waals surface area contributed by atoms with E-state index in [4.69, 9.17) is 21.8 Å². The Kier molecular flexibility index (Phi) is 3.33. The third-order valence-electron chi connectivity index (χ3n) is 2.85. The lowest BCUT2D eigenvalue weighted by atomic mass is 10.2. The van der Waals surface area contributed by atoms with Crippen LogP contribution in [-0.4, -0.2) is 10.8 Å². The molecule has 2 N–H and O–H groups in total. The van der Waals surface area contributed by atoms with Crippen LogP contribution >= 0.6 is 22.9 Å². The maximum Gasteiger partial charge on any atom is 0.247 e. The number of thiazole rings is 1. The minimum Gasteiger partial charge on any atom is -0.453 e. The molecule has 1 aromatic carbocycles. The highest BCUT2D eigenvalue weighted by Gasteiger charge is 2.18. The summed E-state index contributed by atoms with van der Waals surface area (Å²) in [5.41, 5.74) is 6.72. The summed E-state index contributed by atoms with van der Waals surface area (Å²) in [5.74, 6) is 0.00395. The smallest absolute Gasteiger partial charge is 0.247 e. The lowest BCUT2D eigenvalue weighted by Gasteiger charge is -1.96. The van der Waals surface area contributed by atoms with E-state index < -0.39 is 0 Å². The molecule has 0 bridgehead atoms. The van der Waals surface area contributed by atoms with Crippen LogP contribution in [0.5, 0.6) is 0 Å². The number of carbonyl (C=O) groups excluding carboxylic acids is 1. The van der Waals surface area contributed by atoms with Gasteiger partial charge in [-0.05, 0) is 31.2 Å². The van der Waals surface area contributed by atoms with Crippen molar-refractivity contribution in [3.8, 4) is 0 Å². The third kappa shape index (κ3) is 2.35. The lowest BCUT2D eigenvalue weighted by Crippen LogP contribution is -2.06. The Balaban J connectivity index is 1.98. The summed E-state index contributed by atoms with van der Waals surface area (Å²) in [7, 11) is 0. The number of rotatable bonds is 3. The van der Waals surface area contributed by atoms with Crippen LogP contribution in [0.4, 0.5) is 0 Å². The molecule has 0 amide bonds. The Hall–Kier alpha value is -1.69. The summed E-state index contributed by atoms with van der Waals surface area (Å²) >= 11 is 7.28. The number of hydrogen-bond acceptors (Lipinski definition) is 5. The molecule has 1 atom stereocenters. The Bertz CT molecular complexity index is 791. The predicted molar refractivity (Wildman–Crippen MR) is 79.4 cm³/mol. The number of nitrogens with zero attached hydrogens (tertiary/aromatic N) is 1. The minimum atomic E-state index is -0.250. The summed E-state index contributed by atoms with van der Waals surface area (Å²) in [5, 5.41) is 3.82. The average Bonchev–Trinajstić information content (AvgIpc) is 3.03. The first kappa shape index (κ1) is 13.3. The molecule has 0 fully saturated rings. The fourth-order valence-electron chi connectivity index (χ4n) is 1.85. The van der Waals surface area contributed by atoms with Gasteiger partial charge < -0.3 is 10.2 Å². The summed E-state index contributed by atoms with van der Waals surface area (Å²) in [6.07, 6.45) is 0. The van der Waals surface area contributed by atoms with Gasteiger partial charge in [-0.1, -0.05) is 11.6 Å². The van der Waals surface area contributed by atoms with Gasteiger partial charge in [0.25, 0.3) is 0 Å². The summed E-state index contributed by atoms with van der Waals surface area (Å²) in [6.45, 7) is 1.83. The van der Waals surface area contributed by atoms with Gasteiger partial charge >= 0.3 is 0 Å². The van der Waals surface area contributed by atoms with Crippen molar-refractivity contribution in [2.45, 2.75) is 13.0 Å². The molecule has 20 heavy (non-hydrogen) atoms. The molecular formula is C14H11ClN2O2S. The summed E-state index contributed by atoms with van der Waals surface area (Å²) in [6, 6.07) is 6.71. The van der Waals surface area contributed by atoms with E-state index in [9.17, 15) is 4.79 Å². The minimum absolute atomic E-state index is 0.184. The van der Waals surface area contributed by atoms with E-state index in [1.54, 1.807) is 29.6 Å². The van der Waals surface area contributed by atoms with Gasteiger partial charge in [0.2, 0.25) is 5.78 Å². The van der Waals surface area contributed by atoms with Crippen LogP contribution < -0.4 is 5.73 Å². The number of fused-ring (bicyclic) bond motifs is 1. The molecule has 0 aliphatic rings. The van der Waals surface area contributed by atoms with Crippen molar-refractivity contribution >= 4 is 39.7 Å². The molecule has 1 unspecified atom stereocenters. The van der Waals surface area contributed by atoms with Crippen LogP contribution in [0, 0.1) is 0 Å². The second-order valence-electron chi connectivity index (χ2n) is 4.48. The van der Waals surface area contributed by atoms with Gasteiger partial charge in [0.05, 0.1) is 6.04 Å². The van der Waals surface area contributed by atoms with Crippen molar-refractivity contribution in [2.24, 2.45) is 5.73 Å². The maximum atomic E-state index is 12.3. The van der Waals surface area contributed by atoms with Crippen LogP contribution in [0.2, 0.25) is 5.02 Å². The highest BCUT2D eigenvalue weighted by molar-refractivity contribution is 7.09. The molecule has 102 valence electrons. The highest BCUT2D eigenvalue weighted by Crippen LogP contribution is 2.25. The summed E-state index contributed by atoms with van der Waals surface area (Å²) in [4.78, 5) is 16.5. The standard InChI is InChI=1S/C14H11ClN2O2S/c1-7(16)14-17-10(6-20-14)13(18)12-5-8-4-9(15)2-3-11(8)19-12/h2-7H,16H2,1H3. The van der Waals surface area contributed by atoms with E-state index >= 15 is 0 Å². The quantitative estimate of drug-likeness (QED) is 0.747. The molecule has 4 nitrogen and oxygen atoms in total. The number of carbonyl (C=O) groups is 1. The van der Waals surface area contributed by atoms with Gasteiger partial charge in [-0.2, -0.15) is 0 Å². The first-order valence-corrected chi connectivity index (χ1v) is 7.25. The van der Waals surface area contributed by atoms with Crippen molar-refractivity contribution in [3.63, 3.8) is 0 Å². The zero-order valence-corrected chi connectivity index (χ0v) is 12.2. The zero-order valence-electron chi connectivity index (χ0n) is 10.6. The molecule has 0 radical (unpaired) electrons. The van der Waals surface area contributed by atoms with Crippen molar-refractivity contribution in [1.29, 1.82) is 0 Å². The SMILES string of the molecule is CC(N)c1nc(C(=O)c2cc3cc(Cl)ccc3o2)cs1. The highest BCUT2D eigenvalue weighted by atomic mass is 35.5. The van der Waals surface area contributed by atoms with E-state index in [0.717, 1.165) is 10.4 Å². The third-order valence-corrected chi connectivity index (χ3v) is 4.13. The molecule has 2 aromatic heterocycles. The number of nitrogens with two attached hydrogens (primary N) is 1. The van der Waals surface area contributed by atoms with Crippen LogP contribution in [0.25, 0.3) is 11.0 Å². The Morgan fingerprint density at radius 3 is 2.95 bits per heavy atom. The zero-order chi connectivity index (χ0) is 14.3. The van der Waals surface area contributed by atoms with Crippen molar-refractivity contribution in [1.82, 2.24) is 4.98 Å². The van der Waals surface area contributed by atoms with Gasteiger partial charge in [-0.3, -0.25) is 4.79 Å². The largest absolute Gasteiger partial charge is 0.453 e. The van der Waals surface area contributed by atoms with Crippen LogP contribution in [0.1, 0.15) is 34.2 Å². The lowest BCUT2D eigenvalue weighted by molar-refractivity contribution is 0.101. The molecule has 0 aliphatic carbocycles. The predicted octanol–water partition coefficient (Wildman–Crippen LogP) is 3.79. The second kappa shape index (κ2) is 5.01. The van der Waals surface area contributed by atoms with Crippen LogP contribution in [0.15, 0.2) is 34.1 Å². The van der Waals surface area contributed by atoms with E-state index in [1.165, 1.54) is 11.3 Å². The molecule has 3 rings (SSSR count). The van der Waals surface area contributed by atoms with Gasteiger partial charge in [0.1, 0.15) is 16.3 Å². The summed E-state index contributed by atoms with van der Waals surface area (Å²) < 4.78 is 5.53. The Morgan fingerprint density at radius 1 is 1.45 bits per heavy atom. The van der Waals surface area contributed by atoms with E-state index in [1.807, 2.05) is 6.92 Å². The number of halogens is 1. The Morgan fingerprint density at radius 2 is 2.25 bits per heavy atom.